The molecule has 0 saturated heterocycles. The molecule has 7 nitrogen and oxygen atoms in total. The van der Waals surface area contributed by atoms with Crippen LogP contribution >= 0.6 is 0 Å². The fraction of sp³-hybridized carbons (Fsp3) is 0.250. The maximum Gasteiger partial charge on any atom is 0.276 e. The van der Waals surface area contributed by atoms with Crippen LogP contribution in [0.2, 0.25) is 0 Å². The van der Waals surface area contributed by atoms with Crippen LogP contribution in [0.25, 0.3) is 5.69 Å². The summed E-state index contributed by atoms with van der Waals surface area (Å²) < 4.78 is 10.6. The zero-order valence-electron chi connectivity index (χ0n) is 15.6. The van der Waals surface area contributed by atoms with E-state index in [1.165, 1.54) is 11.0 Å². The Labute approximate surface area is 158 Å². The van der Waals surface area contributed by atoms with Crippen LogP contribution < -0.4 is 9.47 Å². The lowest BCUT2D eigenvalue weighted by Crippen LogP contribution is -2.30. The summed E-state index contributed by atoms with van der Waals surface area (Å²) in [6.45, 7) is 2.92. The molecule has 2 aromatic carbocycles. The summed E-state index contributed by atoms with van der Waals surface area (Å²) in [5, 5.41) is 8.52. The van der Waals surface area contributed by atoms with Crippen LogP contribution in [0, 0.1) is 0 Å². The second-order valence-corrected chi connectivity index (χ2v) is 5.86. The van der Waals surface area contributed by atoms with Crippen molar-refractivity contribution in [1.29, 1.82) is 0 Å². The minimum atomic E-state index is -0.172. The molecule has 1 heterocycles. The topological polar surface area (TPSA) is 69.5 Å². The van der Waals surface area contributed by atoms with Gasteiger partial charge in [-0.3, -0.25) is 4.79 Å². The fourth-order valence-electron chi connectivity index (χ4n) is 2.74. The Balaban J connectivity index is 1.78. The summed E-state index contributed by atoms with van der Waals surface area (Å²) >= 11 is 0. The standard InChI is InChI=1S/C20H22N4O3/c1-4-23(14-15-10-11-18(26-2)19(12-15)27-3)20(25)17-13-21-24(22-17)16-8-6-5-7-9-16/h5-13H,4,14H2,1-3H3. The molecule has 3 aromatic rings. The molecule has 3 rings (SSSR count). The van der Waals surface area contributed by atoms with Crippen molar-refractivity contribution in [2.24, 2.45) is 0 Å². The molecule has 27 heavy (non-hydrogen) atoms. The van der Waals surface area contributed by atoms with Gasteiger partial charge in [0.05, 0.1) is 26.1 Å². The number of ether oxygens (including phenoxy) is 2. The highest BCUT2D eigenvalue weighted by molar-refractivity contribution is 5.91. The largest absolute Gasteiger partial charge is 0.493 e. The molecule has 0 spiro atoms. The number of nitrogens with zero attached hydrogens (tertiary/aromatic N) is 4. The van der Waals surface area contributed by atoms with E-state index in [2.05, 4.69) is 10.2 Å². The van der Waals surface area contributed by atoms with E-state index in [-0.39, 0.29) is 5.91 Å². The van der Waals surface area contributed by atoms with E-state index >= 15 is 0 Å². The molecule has 0 radical (unpaired) electrons. The predicted octanol–water partition coefficient (Wildman–Crippen LogP) is 2.95. The van der Waals surface area contributed by atoms with E-state index in [0.717, 1.165) is 11.3 Å². The zero-order valence-corrected chi connectivity index (χ0v) is 15.6. The van der Waals surface area contributed by atoms with Crippen LogP contribution in [0.3, 0.4) is 0 Å². The fourth-order valence-corrected chi connectivity index (χ4v) is 2.74. The Morgan fingerprint density at radius 2 is 1.81 bits per heavy atom. The molecular formula is C20H22N4O3. The van der Waals surface area contributed by atoms with Gasteiger partial charge < -0.3 is 14.4 Å². The Kier molecular flexibility index (Phi) is 5.71. The van der Waals surface area contributed by atoms with E-state index in [1.807, 2.05) is 55.5 Å². The van der Waals surface area contributed by atoms with Crippen molar-refractivity contribution < 1.29 is 14.3 Å². The van der Waals surface area contributed by atoms with Crippen molar-refractivity contribution in [3.05, 3.63) is 66.0 Å². The molecule has 0 saturated carbocycles. The maximum absolute atomic E-state index is 12.9. The lowest BCUT2D eigenvalue weighted by atomic mass is 10.2. The third kappa shape index (κ3) is 4.08. The van der Waals surface area contributed by atoms with Crippen LogP contribution in [0.1, 0.15) is 23.0 Å². The van der Waals surface area contributed by atoms with Gasteiger partial charge in [-0.25, -0.2) is 0 Å². The van der Waals surface area contributed by atoms with Gasteiger partial charge in [0.2, 0.25) is 0 Å². The first-order chi connectivity index (χ1) is 13.2. The lowest BCUT2D eigenvalue weighted by molar-refractivity contribution is 0.0746. The molecule has 0 unspecified atom stereocenters. The first-order valence-electron chi connectivity index (χ1n) is 8.64. The van der Waals surface area contributed by atoms with Crippen molar-refractivity contribution in [2.45, 2.75) is 13.5 Å². The number of methoxy groups -OCH3 is 2. The first kappa shape index (κ1) is 18.4. The van der Waals surface area contributed by atoms with Gasteiger partial charge in [-0.1, -0.05) is 24.3 Å². The number of carbonyl (C=O) groups is 1. The van der Waals surface area contributed by atoms with E-state index in [1.54, 1.807) is 19.1 Å². The average molecular weight is 366 g/mol. The van der Waals surface area contributed by atoms with Crippen LogP contribution in [-0.4, -0.2) is 46.6 Å². The van der Waals surface area contributed by atoms with Crippen molar-refractivity contribution in [1.82, 2.24) is 19.9 Å². The summed E-state index contributed by atoms with van der Waals surface area (Å²) in [5.74, 6) is 1.12. The van der Waals surface area contributed by atoms with Gasteiger partial charge in [0, 0.05) is 13.1 Å². The highest BCUT2D eigenvalue weighted by Crippen LogP contribution is 2.28. The minimum Gasteiger partial charge on any atom is -0.493 e. The molecule has 1 aromatic heterocycles. The third-order valence-corrected chi connectivity index (χ3v) is 4.19. The predicted molar refractivity (Wildman–Crippen MR) is 101 cm³/mol. The van der Waals surface area contributed by atoms with Crippen molar-refractivity contribution >= 4 is 5.91 Å². The molecular weight excluding hydrogens is 344 g/mol. The first-order valence-corrected chi connectivity index (χ1v) is 8.64. The highest BCUT2D eigenvalue weighted by atomic mass is 16.5. The average Bonchev–Trinajstić information content (AvgIpc) is 3.22. The van der Waals surface area contributed by atoms with Gasteiger partial charge in [-0.2, -0.15) is 9.90 Å². The van der Waals surface area contributed by atoms with E-state index in [4.69, 9.17) is 9.47 Å². The molecule has 0 fully saturated rings. The summed E-state index contributed by atoms with van der Waals surface area (Å²) in [6, 6.07) is 15.1. The van der Waals surface area contributed by atoms with Gasteiger partial charge in [0.25, 0.3) is 5.91 Å². The number of hydrogen-bond donors (Lipinski definition) is 0. The summed E-state index contributed by atoms with van der Waals surface area (Å²) in [7, 11) is 3.18. The number of hydrogen-bond acceptors (Lipinski definition) is 5. The number of carbonyl (C=O) groups excluding carboxylic acids is 1. The van der Waals surface area contributed by atoms with Crippen LogP contribution in [0.4, 0.5) is 0 Å². The van der Waals surface area contributed by atoms with E-state index in [9.17, 15) is 4.79 Å². The molecule has 140 valence electrons. The summed E-state index contributed by atoms with van der Waals surface area (Å²) in [5.41, 5.74) is 2.05. The molecule has 0 aliphatic heterocycles. The summed E-state index contributed by atoms with van der Waals surface area (Å²) in [4.78, 5) is 16.0. The number of para-hydroxylation sites is 1. The number of aromatic nitrogens is 3. The highest BCUT2D eigenvalue weighted by Gasteiger charge is 2.19. The zero-order chi connectivity index (χ0) is 19.2. The molecule has 1 amide bonds. The minimum absolute atomic E-state index is 0.172. The van der Waals surface area contributed by atoms with Crippen LogP contribution in [0.5, 0.6) is 11.5 Å². The van der Waals surface area contributed by atoms with E-state index in [0.29, 0.717) is 30.3 Å². The third-order valence-electron chi connectivity index (χ3n) is 4.19. The van der Waals surface area contributed by atoms with Crippen molar-refractivity contribution in [2.75, 3.05) is 20.8 Å². The molecule has 0 aliphatic carbocycles. The normalized spacial score (nSPS) is 10.5. The summed E-state index contributed by atoms with van der Waals surface area (Å²) in [6.07, 6.45) is 1.49. The Morgan fingerprint density at radius 3 is 2.48 bits per heavy atom. The second kappa shape index (κ2) is 8.35. The molecule has 7 heteroatoms. The Bertz CT molecular complexity index is 909. The van der Waals surface area contributed by atoms with E-state index < -0.39 is 0 Å². The van der Waals surface area contributed by atoms with Gasteiger partial charge in [0.15, 0.2) is 17.2 Å². The van der Waals surface area contributed by atoms with Crippen LogP contribution in [0.15, 0.2) is 54.7 Å². The second-order valence-electron chi connectivity index (χ2n) is 5.86. The van der Waals surface area contributed by atoms with Crippen LogP contribution in [-0.2, 0) is 6.54 Å². The maximum atomic E-state index is 12.9. The smallest absolute Gasteiger partial charge is 0.276 e. The van der Waals surface area contributed by atoms with Gasteiger partial charge in [-0.15, -0.1) is 5.10 Å². The molecule has 0 atom stereocenters. The lowest BCUT2D eigenvalue weighted by Gasteiger charge is -2.20. The number of amides is 1. The van der Waals surface area contributed by atoms with Gasteiger partial charge in [-0.05, 0) is 36.8 Å². The SMILES string of the molecule is CCN(Cc1ccc(OC)c(OC)c1)C(=O)c1cnn(-c2ccccc2)n1. The van der Waals surface area contributed by atoms with Gasteiger partial charge in [0.1, 0.15) is 0 Å². The number of benzene rings is 2. The monoisotopic (exact) mass is 366 g/mol. The Hall–Kier alpha value is -3.35. The van der Waals surface area contributed by atoms with Gasteiger partial charge >= 0.3 is 0 Å². The molecule has 0 N–H and O–H groups in total. The molecule has 0 bridgehead atoms. The quantitative estimate of drug-likeness (QED) is 0.643. The Morgan fingerprint density at radius 1 is 1.07 bits per heavy atom. The van der Waals surface area contributed by atoms with Crippen molar-refractivity contribution in [3.8, 4) is 17.2 Å². The molecule has 0 aliphatic rings. The van der Waals surface area contributed by atoms with Crippen molar-refractivity contribution in [3.63, 3.8) is 0 Å². The number of rotatable bonds is 7.